The van der Waals surface area contributed by atoms with Gasteiger partial charge in [0, 0.05) is 26.2 Å². The minimum absolute atomic E-state index is 0.395. The minimum atomic E-state index is -4.35. The number of fused-ring (bicyclic) bond motifs is 1. The number of aryl methyl sites for hydroxylation is 1. The number of halogens is 3. The average molecular weight is 356 g/mol. The fourth-order valence-electron chi connectivity index (χ4n) is 3.18. The van der Waals surface area contributed by atoms with Gasteiger partial charge in [0.1, 0.15) is 5.82 Å². The molecular weight excluding hydrogens is 333 g/mol. The first kappa shape index (κ1) is 18.2. The van der Waals surface area contributed by atoms with Crippen molar-refractivity contribution < 1.29 is 17.9 Å². The summed E-state index contributed by atoms with van der Waals surface area (Å²) < 4.78 is 46.1. The van der Waals surface area contributed by atoms with Gasteiger partial charge in [-0.05, 0) is 31.7 Å². The van der Waals surface area contributed by atoms with E-state index in [0.29, 0.717) is 12.1 Å². The molecule has 3 rings (SSSR count). The normalized spacial score (nSPS) is 16.6. The molecule has 0 aliphatic carbocycles. The van der Waals surface area contributed by atoms with Gasteiger partial charge in [-0.25, -0.2) is 4.98 Å². The molecule has 1 saturated heterocycles. The molecule has 25 heavy (non-hydrogen) atoms. The summed E-state index contributed by atoms with van der Waals surface area (Å²) in [7, 11) is 1.80. The first-order valence-corrected chi connectivity index (χ1v) is 8.50. The van der Waals surface area contributed by atoms with Crippen LogP contribution in [0.5, 0.6) is 0 Å². The third-order valence-corrected chi connectivity index (χ3v) is 4.45. The van der Waals surface area contributed by atoms with Crippen LogP contribution in [0.2, 0.25) is 0 Å². The van der Waals surface area contributed by atoms with Crippen LogP contribution in [0.4, 0.5) is 13.2 Å². The Morgan fingerprint density at radius 3 is 2.64 bits per heavy atom. The molecule has 2 heterocycles. The van der Waals surface area contributed by atoms with Crippen molar-refractivity contribution in [2.45, 2.75) is 25.7 Å². The first-order chi connectivity index (χ1) is 12.0. The second kappa shape index (κ2) is 7.72. The summed E-state index contributed by atoms with van der Waals surface area (Å²) in [5.74, 6) is 0.763. The first-order valence-electron chi connectivity index (χ1n) is 8.50. The van der Waals surface area contributed by atoms with Crippen molar-refractivity contribution in [3.8, 4) is 0 Å². The van der Waals surface area contributed by atoms with Gasteiger partial charge < -0.3 is 14.6 Å². The fourth-order valence-corrected chi connectivity index (χ4v) is 3.18. The second-order valence-corrected chi connectivity index (χ2v) is 6.22. The Bertz CT molecular complexity index is 708. The molecule has 0 spiro atoms. The number of hydrogen-bond donors (Lipinski definition) is 1. The number of alkyl halides is 3. The predicted octanol–water partition coefficient (Wildman–Crippen LogP) is 2.50. The van der Waals surface area contributed by atoms with Gasteiger partial charge in [-0.3, -0.25) is 4.90 Å². The molecule has 1 aromatic heterocycles. The van der Waals surface area contributed by atoms with Crippen LogP contribution in [0.15, 0.2) is 18.2 Å². The Morgan fingerprint density at radius 1 is 1.20 bits per heavy atom. The molecule has 0 bridgehead atoms. The Morgan fingerprint density at radius 2 is 1.96 bits per heavy atom. The number of ether oxygens (including phenoxy) is 1. The number of imidazole rings is 1. The summed E-state index contributed by atoms with van der Waals surface area (Å²) in [5.41, 5.74) is 0.487. The van der Waals surface area contributed by atoms with Gasteiger partial charge in [0.25, 0.3) is 0 Å². The zero-order chi connectivity index (χ0) is 17.9. The maximum absolute atomic E-state index is 12.9. The Balaban J connectivity index is 1.78. The van der Waals surface area contributed by atoms with E-state index in [1.54, 1.807) is 7.05 Å². The van der Waals surface area contributed by atoms with E-state index in [-0.39, 0.29) is 0 Å². The van der Waals surface area contributed by atoms with Crippen LogP contribution in [-0.2, 0) is 24.0 Å². The van der Waals surface area contributed by atoms with E-state index in [0.717, 1.165) is 69.3 Å². The van der Waals surface area contributed by atoms with Crippen LogP contribution in [0.1, 0.15) is 17.8 Å². The van der Waals surface area contributed by atoms with Crippen LogP contribution in [-0.4, -0.2) is 54.3 Å². The molecule has 1 aliphatic rings. The molecule has 5 nitrogen and oxygen atoms in total. The van der Waals surface area contributed by atoms with Crippen molar-refractivity contribution in [2.75, 3.05) is 39.9 Å². The van der Waals surface area contributed by atoms with E-state index in [9.17, 15) is 13.2 Å². The third-order valence-electron chi connectivity index (χ3n) is 4.45. The standard InChI is InChI=1S/C17H23F3N4O/c1-21-12-16-22-14-11-13(17(18,19)20)3-4-15(14)24(16)6-2-5-23-7-9-25-10-8-23/h3-4,11,21H,2,5-10,12H2,1H3. The molecule has 0 atom stereocenters. The zero-order valence-electron chi connectivity index (χ0n) is 14.3. The molecule has 0 unspecified atom stereocenters. The highest BCUT2D eigenvalue weighted by molar-refractivity contribution is 5.77. The van der Waals surface area contributed by atoms with E-state index in [4.69, 9.17) is 4.74 Å². The molecule has 1 aromatic carbocycles. The predicted molar refractivity (Wildman–Crippen MR) is 89.4 cm³/mol. The Kier molecular flexibility index (Phi) is 5.61. The SMILES string of the molecule is CNCc1nc2cc(C(F)(F)F)ccc2n1CCCN1CCOCC1. The van der Waals surface area contributed by atoms with Gasteiger partial charge in [0.05, 0.1) is 36.4 Å². The fraction of sp³-hybridized carbons (Fsp3) is 0.588. The van der Waals surface area contributed by atoms with E-state index in [1.807, 2.05) is 4.57 Å². The summed E-state index contributed by atoms with van der Waals surface area (Å²) in [6.45, 7) is 5.59. The van der Waals surface area contributed by atoms with E-state index < -0.39 is 11.7 Å². The summed E-state index contributed by atoms with van der Waals surface area (Å²) in [5, 5.41) is 3.04. The molecule has 138 valence electrons. The molecular formula is C17H23F3N4O. The van der Waals surface area contributed by atoms with Crippen molar-refractivity contribution in [2.24, 2.45) is 0 Å². The van der Waals surface area contributed by atoms with Crippen LogP contribution in [0.3, 0.4) is 0 Å². The summed E-state index contributed by atoms with van der Waals surface area (Å²) in [6.07, 6.45) is -3.43. The van der Waals surface area contributed by atoms with E-state index in [1.165, 1.54) is 6.07 Å². The van der Waals surface area contributed by atoms with Crippen molar-refractivity contribution in [1.82, 2.24) is 19.8 Å². The number of rotatable bonds is 6. The van der Waals surface area contributed by atoms with Gasteiger partial charge in [0.2, 0.25) is 0 Å². The van der Waals surface area contributed by atoms with Crippen LogP contribution in [0, 0.1) is 0 Å². The molecule has 8 heteroatoms. The lowest BCUT2D eigenvalue weighted by Crippen LogP contribution is -2.37. The lowest BCUT2D eigenvalue weighted by Gasteiger charge is -2.26. The van der Waals surface area contributed by atoms with E-state index in [2.05, 4.69) is 15.2 Å². The van der Waals surface area contributed by atoms with Gasteiger partial charge in [-0.2, -0.15) is 13.2 Å². The van der Waals surface area contributed by atoms with Crippen molar-refractivity contribution in [3.05, 3.63) is 29.6 Å². The summed E-state index contributed by atoms with van der Waals surface area (Å²) >= 11 is 0. The van der Waals surface area contributed by atoms with Crippen molar-refractivity contribution >= 4 is 11.0 Å². The number of benzene rings is 1. The summed E-state index contributed by atoms with van der Waals surface area (Å²) in [6, 6.07) is 3.79. The number of nitrogens with zero attached hydrogens (tertiary/aromatic N) is 3. The smallest absolute Gasteiger partial charge is 0.379 e. The minimum Gasteiger partial charge on any atom is -0.379 e. The number of aromatic nitrogens is 2. The number of nitrogens with one attached hydrogen (secondary N) is 1. The van der Waals surface area contributed by atoms with Crippen molar-refractivity contribution in [1.29, 1.82) is 0 Å². The van der Waals surface area contributed by atoms with Gasteiger partial charge in [0.15, 0.2) is 0 Å². The maximum Gasteiger partial charge on any atom is 0.416 e. The lowest BCUT2D eigenvalue weighted by atomic mass is 10.2. The monoisotopic (exact) mass is 356 g/mol. The quantitative estimate of drug-likeness (QED) is 0.864. The molecule has 1 N–H and O–H groups in total. The lowest BCUT2D eigenvalue weighted by molar-refractivity contribution is -0.137. The highest BCUT2D eigenvalue weighted by Crippen LogP contribution is 2.31. The topological polar surface area (TPSA) is 42.3 Å². The third kappa shape index (κ3) is 4.31. The summed E-state index contributed by atoms with van der Waals surface area (Å²) in [4.78, 5) is 6.76. The molecule has 0 saturated carbocycles. The Labute approximate surface area is 144 Å². The van der Waals surface area contributed by atoms with E-state index >= 15 is 0 Å². The number of hydrogen-bond acceptors (Lipinski definition) is 4. The van der Waals surface area contributed by atoms with Crippen molar-refractivity contribution in [3.63, 3.8) is 0 Å². The molecule has 2 aromatic rings. The van der Waals surface area contributed by atoms with Crippen LogP contribution >= 0.6 is 0 Å². The van der Waals surface area contributed by atoms with Gasteiger partial charge in [-0.1, -0.05) is 0 Å². The molecule has 0 amide bonds. The maximum atomic E-state index is 12.9. The zero-order valence-corrected chi connectivity index (χ0v) is 14.3. The average Bonchev–Trinajstić information content (AvgIpc) is 2.92. The number of morpholine rings is 1. The van der Waals surface area contributed by atoms with Gasteiger partial charge in [-0.15, -0.1) is 0 Å². The molecule has 0 radical (unpaired) electrons. The largest absolute Gasteiger partial charge is 0.416 e. The highest BCUT2D eigenvalue weighted by atomic mass is 19.4. The van der Waals surface area contributed by atoms with Crippen LogP contribution in [0.25, 0.3) is 11.0 Å². The molecule has 1 aliphatic heterocycles. The second-order valence-electron chi connectivity index (χ2n) is 6.22. The molecule has 1 fully saturated rings. The van der Waals surface area contributed by atoms with Gasteiger partial charge >= 0.3 is 6.18 Å². The van der Waals surface area contributed by atoms with Crippen LogP contribution < -0.4 is 5.32 Å². The Hall–Kier alpha value is -1.64. The highest BCUT2D eigenvalue weighted by Gasteiger charge is 2.31.